The molecule has 1 aromatic rings. The fourth-order valence-electron chi connectivity index (χ4n) is 1.55. The Balaban J connectivity index is 1.94. The molecule has 76 valence electrons. The first-order valence-corrected chi connectivity index (χ1v) is 5.57. The summed E-state index contributed by atoms with van der Waals surface area (Å²) in [5, 5.41) is 3.68. The third-order valence-corrected chi connectivity index (χ3v) is 3.44. The molecule has 0 spiro atoms. The molecule has 1 saturated heterocycles. The maximum Gasteiger partial charge on any atom is 0.123 e. The van der Waals surface area contributed by atoms with E-state index in [0.29, 0.717) is 5.25 Å². The summed E-state index contributed by atoms with van der Waals surface area (Å²) in [6.45, 7) is 0.934. The van der Waals surface area contributed by atoms with Gasteiger partial charge in [-0.3, -0.25) is 5.32 Å². The number of hydrogen-bond donors (Lipinski definition) is 2. The predicted molar refractivity (Wildman–Crippen MR) is 57.5 cm³/mol. The fourth-order valence-corrected chi connectivity index (χ4v) is 2.64. The quantitative estimate of drug-likeness (QED) is 0.776. The van der Waals surface area contributed by atoms with Crippen molar-refractivity contribution in [1.82, 2.24) is 5.32 Å². The molecule has 2 nitrogen and oxygen atoms in total. The van der Waals surface area contributed by atoms with E-state index in [0.717, 1.165) is 13.0 Å². The van der Waals surface area contributed by atoms with Gasteiger partial charge in [0.25, 0.3) is 0 Å². The molecule has 1 fully saturated rings. The van der Waals surface area contributed by atoms with E-state index in [1.54, 1.807) is 11.8 Å². The Kier molecular flexibility index (Phi) is 3.05. The van der Waals surface area contributed by atoms with Crippen LogP contribution in [0.1, 0.15) is 5.56 Å². The highest BCUT2D eigenvalue weighted by atomic mass is 32.2. The minimum absolute atomic E-state index is 0.0560. The number of thioether (sulfide) groups is 1. The standard InChI is InChI=1S/C10H13FN2S/c11-8-3-1-7(2-4-8)5-9-6-13-10(12)14-9/h1-4,9-10,13H,5-6,12H2. The van der Waals surface area contributed by atoms with Crippen LogP contribution in [0, 0.1) is 5.82 Å². The third kappa shape index (κ3) is 2.47. The first-order chi connectivity index (χ1) is 6.74. The van der Waals surface area contributed by atoms with Crippen LogP contribution in [0.2, 0.25) is 0 Å². The van der Waals surface area contributed by atoms with Crippen molar-refractivity contribution in [2.45, 2.75) is 17.2 Å². The van der Waals surface area contributed by atoms with E-state index in [-0.39, 0.29) is 11.3 Å². The van der Waals surface area contributed by atoms with Gasteiger partial charge < -0.3 is 5.73 Å². The molecule has 14 heavy (non-hydrogen) atoms. The number of hydrogen-bond acceptors (Lipinski definition) is 3. The van der Waals surface area contributed by atoms with Crippen molar-refractivity contribution in [2.75, 3.05) is 6.54 Å². The molecule has 1 aliphatic heterocycles. The predicted octanol–water partition coefficient (Wildman–Crippen LogP) is 1.32. The van der Waals surface area contributed by atoms with Crippen LogP contribution in [0.3, 0.4) is 0 Å². The Morgan fingerprint density at radius 1 is 1.43 bits per heavy atom. The molecule has 2 unspecified atom stereocenters. The Hall–Kier alpha value is -0.580. The molecule has 1 aliphatic rings. The zero-order valence-corrected chi connectivity index (χ0v) is 8.56. The topological polar surface area (TPSA) is 38.0 Å². The largest absolute Gasteiger partial charge is 0.307 e. The molecule has 1 aromatic carbocycles. The van der Waals surface area contributed by atoms with Gasteiger partial charge in [0.05, 0.1) is 0 Å². The second-order valence-electron chi connectivity index (χ2n) is 3.42. The van der Waals surface area contributed by atoms with E-state index >= 15 is 0 Å². The van der Waals surface area contributed by atoms with Crippen LogP contribution in [0.4, 0.5) is 4.39 Å². The lowest BCUT2D eigenvalue weighted by molar-refractivity contribution is 0.626. The molecule has 4 heteroatoms. The molecule has 0 aromatic heterocycles. The van der Waals surface area contributed by atoms with E-state index < -0.39 is 0 Å². The van der Waals surface area contributed by atoms with Gasteiger partial charge in [-0.2, -0.15) is 0 Å². The van der Waals surface area contributed by atoms with Gasteiger partial charge in [0.2, 0.25) is 0 Å². The van der Waals surface area contributed by atoms with Crippen molar-refractivity contribution in [3.63, 3.8) is 0 Å². The van der Waals surface area contributed by atoms with Crippen LogP contribution >= 0.6 is 11.8 Å². The summed E-state index contributed by atoms with van der Waals surface area (Å²) in [4.78, 5) is 0. The maximum absolute atomic E-state index is 12.6. The lowest BCUT2D eigenvalue weighted by Gasteiger charge is -2.07. The highest BCUT2D eigenvalue weighted by Gasteiger charge is 2.21. The van der Waals surface area contributed by atoms with E-state index in [9.17, 15) is 4.39 Å². The van der Waals surface area contributed by atoms with E-state index in [2.05, 4.69) is 5.32 Å². The molecule has 2 atom stereocenters. The van der Waals surface area contributed by atoms with Gasteiger partial charge in [0, 0.05) is 11.8 Å². The van der Waals surface area contributed by atoms with Gasteiger partial charge in [-0.25, -0.2) is 4.39 Å². The zero-order chi connectivity index (χ0) is 9.97. The van der Waals surface area contributed by atoms with Gasteiger partial charge >= 0.3 is 0 Å². The Morgan fingerprint density at radius 2 is 2.14 bits per heavy atom. The van der Waals surface area contributed by atoms with Crippen LogP contribution < -0.4 is 11.1 Å². The maximum atomic E-state index is 12.6. The molecule has 0 bridgehead atoms. The number of nitrogens with one attached hydrogen (secondary N) is 1. The number of rotatable bonds is 2. The highest BCUT2D eigenvalue weighted by molar-refractivity contribution is 8.00. The SMILES string of the molecule is NC1NCC(Cc2ccc(F)cc2)S1. The molecular formula is C10H13FN2S. The molecular weight excluding hydrogens is 199 g/mol. The Bertz CT molecular complexity index is 301. The molecule has 0 aliphatic carbocycles. The van der Waals surface area contributed by atoms with Crippen molar-refractivity contribution >= 4 is 11.8 Å². The number of benzene rings is 1. The van der Waals surface area contributed by atoms with Crippen molar-refractivity contribution in [3.05, 3.63) is 35.6 Å². The zero-order valence-electron chi connectivity index (χ0n) is 7.74. The van der Waals surface area contributed by atoms with Crippen LogP contribution in [0.5, 0.6) is 0 Å². The minimum Gasteiger partial charge on any atom is -0.307 e. The molecule has 1 heterocycles. The van der Waals surface area contributed by atoms with Crippen molar-refractivity contribution in [3.8, 4) is 0 Å². The summed E-state index contributed by atoms with van der Waals surface area (Å²) in [5.74, 6) is -0.178. The number of nitrogens with two attached hydrogens (primary N) is 1. The first kappa shape index (κ1) is 9.96. The average molecular weight is 212 g/mol. The molecule has 3 N–H and O–H groups in total. The number of halogens is 1. The van der Waals surface area contributed by atoms with Gasteiger partial charge in [-0.05, 0) is 24.1 Å². The van der Waals surface area contributed by atoms with Gasteiger partial charge in [-0.1, -0.05) is 12.1 Å². The third-order valence-electron chi connectivity index (χ3n) is 2.26. The van der Waals surface area contributed by atoms with Crippen molar-refractivity contribution in [1.29, 1.82) is 0 Å². The lowest BCUT2D eigenvalue weighted by atomic mass is 10.1. The highest BCUT2D eigenvalue weighted by Crippen LogP contribution is 2.22. The van der Waals surface area contributed by atoms with Crippen molar-refractivity contribution in [2.24, 2.45) is 5.73 Å². The summed E-state index contributed by atoms with van der Waals surface area (Å²) in [5.41, 5.74) is 6.92. The summed E-state index contributed by atoms with van der Waals surface area (Å²) in [7, 11) is 0. The lowest BCUT2D eigenvalue weighted by Crippen LogP contribution is -2.28. The first-order valence-electron chi connectivity index (χ1n) is 4.63. The summed E-state index contributed by atoms with van der Waals surface area (Å²) < 4.78 is 12.6. The Labute approximate surface area is 87.1 Å². The summed E-state index contributed by atoms with van der Waals surface area (Å²) >= 11 is 1.74. The fraction of sp³-hybridized carbons (Fsp3) is 0.400. The van der Waals surface area contributed by atoms with E-state index in [1.807, 2.05) is 12.1 Å². The van der Waals surface area contributed by atoms with Gasteiger partial charge in [0.1, 0.15) is 11.3 Å². The van der Waals surface area contributed by atoms with Crippen LogP contribution in [0.15, 0.2) is 24.3 Å². The van der Waals surface area contributed by atoms with E-state index in [4.69, 9.17) is 5.73 Å². The smallest absolute Gasteiger partial charge is 0.123 e. The molecule has 0 amide bonds. The molecule has 2 rings (SSSR count). The van der Waals surface area contributed by atoms with Crippen molar-refractivity contribution < 1.29 is 4.39 Å². The second kappa shape index (κ2) is 4.29. The average Bonchev–Trinajstić information content (AvgIpc) is 2.56. The normalized spacial score (nSPS) is 26.7. The molecule has 0 radical (unpaired) electrons. The van der Waals surface area contributed by atoms with E-state index in [1.165, 1.54) is 17.7 Å². The summed E-state index contributed by atoms with van der Waals surface area (Å²) in [6.07, 6.45) is 0.950. The van der Waals surface area contributed by atoms with Gasteiger partial charge in [-0.15, -0.1) is 11.8 Å². The van der Waals surface area contributed by atoms with Crippen LogP contribution in [0.25, 0.3) is 0 Å². The van der Waals surface area contributed by atoms with Gasteiger partial charge in [0.15, 0.2) is 0 Å². The van der Waals surface area contributed by atoms with Crippen LogP contribution in [-0.2, 0) is 6.42 Å². The summed E-state index contributed by atoms with van der Waals surface area (Å²) in [6, 6.07) is 6.67. The van der Waals surface area contributed by atoms with Crippen LogP contribution in [-0.4, -0.2) is 17.3 Å². The second-order valence-corrected chi connectivity index (χ2v) is 4.86. The monoisotopic (exact) mass is 212 g/mol. The minimum atomic E-state index is -0.178. The molecule has 0 saturated carbocycles. The Morgan fingerprint density at radius 3 is 2.71 bits per heavy atom.